The van der Waals surface area contributed by atoms with Gasteiger partial charge in [0.25, 0.3) is 0 Å². The smallest absolute Gasteiger partial charge is 0.237 e. The lowest BCUT2D eigenvalue weighted by molar-refractivity contribution is -0.131. The molecule has 4 heterocycles. The first-order valence-electron chi connectivity index (χ1n) is 11.0. The third kappa shape index (κ3) is 4.13. The zero-order valence-corrected chi connectivity index (χ0v) is 18.7. The number of halogens is 1. The van der Waals surface area contributed by atoms with E-state index in [1.165, 1.54) is 6.07 Å². The fourth-order valence-electron chi connectivity index (χ4n) is 4.36. The van der Waals surface area contributed by atoms with Gasteiger partial charge in [-0.2, -0.15) is 0 Å². The monoisotopic (exact) mass is 451 g/mol. The number of fused-ring (bicyclic) bond motifs is 2. The van der Waals surface area contributed by atoms with Crippen molar-refractivity contribution < 1.29 is 13.9 Å². The normalized spacial score (nSPS) is 15.5. The Morgan fingerprint density at radius 3 is 2.97 bits per heavy atom. The van der Waals surface area contributed by atoms with Crippen LogP contribution in [0.5, 0.6) is 5.75 Å². The first kappa shape index (κ1) is 21.3. The van der Waals surface area contributed by atoms with Crippen LogP contribution in [0.15, 0.2) is 30.7 Å². The van der Waals surface area contributed by atoms with E-state index in [1.54, 1.807) is 23.0 Å². The van der Waals surface area contributed by atoms with Crippen LogP contribution in [0.3, 0.4) is 0 Å². The fourth-order valence-corrected chi connectivity index (χ4v) is 4.36. The minimum absolute atomic E-state index is 0.116. The van der Waals surface area contributed by atoms with Crippen LogP contribution in [0.4, 0.5) is 10.3 Å². The molecule has 0 spiro atoms. The van der Waals surface area contributed by atoms with Crippen LogP contribution in [0, 0.1) is 5.82 Å². The average molecular weight is 452 g/mol. The molecule has 0 saturated carbocycles. The van der Waals surface area contributed by atoms with Crippen molar-refractivity contribution in [2.24, 2.45) is 0 Å². The molecule has 1 N–H and O–H groups in total. The summed E-state index contributed by atoms with van der Waals surface area (Å²) in [7, 11) is 3.78. The lowest BCUT2D eigenvalue weighted by Gasteiger charge is -2.27. The molecule has 172 valence electrons. The molecule has 3 aromatic rings. The van der Waals surface area contributed by atoms with Crippen LogP contribution in [-0.2, 0) is 17.8 Å². The molecule has 0 unspecified atom stereocenters. The van der Waals surface area contributed by atoms with E-state index >= 15 is 0 Å². The van der Waals surface area contributed by atoms with Crippen molar-refractivity contribution in [3.05, 3.63) is 53.2 Å². The van der Waals surface area contributed by atoms with Crippen LogP contribution in [0.25, 0.3) is 11.2 Å². The van der Waals surface area contributed by atoms with E-state index < -0.39 is 0 Å². The summed E-state index contributed by atoms with van der Waals surface area (Å²) in [4.78, 5) is 20.6. The molecular formula is C23H26FN7O2. The first-order valence-corrected chi connectivity index (χ1v) is 11.0. The Labute approximate surface area is 190 Å². The van der Waals surface area contributed by atoms with Gasteiger partial charge in [0.1, 0.15) is 17.9 Å². The molecule has 0 atom stereocenters. The van der Waals surface area contributed by atoms with Gasteiger partial charge in [-0.1, -0.05) is 6.08 Å². The number of anilines is 1. The largest absolute Gasteiger partial charge is 0.493 e. The number of ether oxygens (including phenoxy) is 1. The molecule has 1 amide bonds. The van der Waals surface area contributed by atoms with Crippen LogP contribution < -0.4 is 10.1 Å². The van der Waals surface area contributed by atoms with E-state index in [0.717, 1.165) is 28.9 Å². The highest BCUT2D eigenvalue weighted by atomic mass is 19.1. The average Bonchev–Trinajstić information content (AvgIpc) is 3.48. The number of nitrogens with one attached hydrogen (secondary N) is 1. The first-order chi connectivity index (χ1) is 16.0. The molecule has 5 rings (SSSR count). The molecule has 0 bridgehead atoms. The Morgan fingerprint density at radius 2 is 2.18 bits per heavy atom. The Kier molecular flexibility index (Phi) is 5.67. The highest BCUT2D eigenvalue weighted by molar-refractivity contribution is 5.81. The molecule has 2 aliphatic heterocycles. The number of benzene rings is 1. The maximum Gasteiger partial charge on any atom is 0.237 e. The quantitative estimate of drug-likeness (QED) is 0.613. The summed E-state index contributed by atoms with van der Waals surface area (Å²) >= 11 is 0. The number of hydrogen-bond acceptors (Lipinski definition) is 7. The molecule has 2 aromatic heterocycles. The zero-order chi connectivity index (χ0) is 22.9. The van der Waals surface area contributed by atoms with Crippen LogP contribution in [0.2, 0.25) is 0 Å². The molecule has 0 aliphatic carbocycles. The highest BCUT2D eigenvalue weighted by Crippen LogP contribution is 2.31. The number of carbonyl (C=O) groups is 1. The molecule has 10 heteroatoms. The number of aromatic nitrogens is 4. The van der Waals surface area contributed by atoms with Crippen LogP contribution in [-0.4, -0.2) is 75.6 Å². The summed E-state index contributed by atoms with van der Waals surface area (Å²) in [6.45, 7) is 2.46. The van der Waals surface area contributed by atoms with Gasteiger partial charge in [0.05, 0.1) is 13.2 Å². The summed E-state index contributed by atoms with van der Waals surface area (Å²) in [5.74, 6) is 1.14. The van der Waals surface area contributed by atoms with Crippen molar-refractivity contribution in [3.8, 4) is 5.75 Å². The van der Waals surface area contributed by atoms with Gasteiger partial charge in [-0.3, -0.25) is 9.20 Å². The number of likely N-dealkylation sites (N-methyl/N-ethyl adjacent to an activating group) is 1. The van der Waals surface area contributed by atoms with Gasteiger partial charge in [0.15, 0.2) is 5.65 Å². The summed E-state index contributed by atoms with van der Waals surface area (Å²) < 4.78 is 21.8. The molecule has 9 nitrogen and oxygen atoms in total. The fraction of sp³-hybridized carbons (Fsp3) is 0.391. The SMILES string of the molecule is CN(C)CC(=O)N1CC=C(c2cnc(NCc3c(F)ccc4c3CCO4)n3cnnc23)CC1. The molecule has 0 fully saturated rings. The number of nitrogens with zero attached hydrogens (tertiary/aromatic N) is 6. The number of hydrogen-bond donors (Lipinski definition) is 1. The second kappa shape index (κ2) is 8.78. The predicted octanol–water partition coefficient (Wildman–Crippen LogP) is 1.99. The van der Waals surface area contributed by atoms with E-state index in [0.29, 0.717) is 49.8 Å². The van der Waals surface area contributed by atoms with E-state index in [1.807, 2.05) is 23.9 Å². The molecule has 0 radical (unpaired) electrons. The van der Waals surface area contributed by atoms with E-state index in [4.69, 9.17) is 4.74 Å². The van der Waals surface area contributed by atoms with E-state index in [2.05, 4.69) is 26.6 Å². The minimum atomic E-state index is -0.260. The van der Waals surface area contributed by atoms with Gasteiger partial charge in [-0.05, 0) is 38.2 Å². The third-order valence-electron chi connectivity index (χ3n) is 6.06. The predicted molar refractivity (Wildman–Crippen MR) is 121 cm³/mol. The van der Waals surface area contributed by atoms with Crippen LogP contribution >= 0.6 is 0 Å². The van der Waals surface area contributed by atoms with Crippen molar-refractivity contribution >= 4 is 23.1 Å². The van der Waals surface area contributed by atoms with Gasteiger partial charge in [0, 0.05) is 48.9 Å². The van der Waals surface area contributed by atoms with E-state index in [9.17, 15) is 9.18 Å². The van der Waals surface area contributed by atoms with Gasteiger partial charge < -0.3 is 19.9 Å². The number of rotatable bonds is 6. The summed E-state index contributed by atoms with van der Waals surface area (Å²) in [5, 5.41) is 11.6. The maximum absolute atomic E-state index is 14.5. The zero-order valence-electron chi connectivity index (χ0n) is 18.7. The maximum atomic E-state index is 14.5. The van der Waals surface area contributed by atoms with Crippen molar-refractivity contribution in [3.63, 3.8) is 0 Å². The Balaban J connectivity index is 1.35. The van der Waals surface area contributed by atoms with Crippen molar-refractivity contribution in [2.45, 2.75) is 19.4 Å². The topological polar surface area (TPSA) is 87.9 Å². The van der Waals surface area contributed by atoms with Crippen molar-refractivity contribution in [1.82, 2.24) is 29.4 Å². The number of carbonyl (C=O) groups excluding carboxylic acids is 1. The van der Waals surface area contributed by atoms with Crippen molar-refractivity contribution in [2.75, 3.05) is 45.7 Å². The Hall–Kier alpha value is -3.53. The summed E-state index contributed by atoms with van der Waals surface area (Å²) in [6, 6.07) is 3.12. The van der Waals surface area contributed by atoms with Gasteiger partial charge >= 0.3 is 0 Å². The number of amides is 1. The Morgan fingerprint density at radius 1 is 1.30 bits per heavy atom. The molecule has 0 saturated heterocycles. The Bertz CT molecular complexity index is 1240. The van der Waals surface area contributed by atoms with Crippen molar-refractivity contribution in [1.29, 1.82) is 0 Å². The lowest BCUT2D eigenvalue weighted by Crippen LogP contribution is -2.40. The third-order valence-corrected chi connectivity index (χ3v) is 6.06. The molecule has 1 aromatic carbocycles. The summed E-state index contributed by atoms with van der Waals surface area (Å²) in [6.07, 6.45) is 6.83. The minimum Gasteiger partial charge on any atom is -0.493 e. The van der Waals surface area contributed by atoms with E-state index in [-0.39, 0.29) is 18.3 Å². The standard InChI is InChI=1S/C23H26FN7O2/c1-29(2)13-21(32)30-8-5-15(6-9-30)17-11-25-23(31-14-27-28-22(17)31)26-12-18-16-7-10-33-20(16)4-3-19(18)24/h3-5,11,14H,6-10,12-13H2,1-2H3,(H,25,26). The van der Waals surface area contributed by atoms with Crippen LogP contribution in [0.1, 0.15) is 23.1 Å². The molecular weight excluding hydrogens is 425 g/mol. The highest BCUT2D eigenvalue weighted by Gasteiger charge is 2.22. The van der Waals surface area contributed by atoms with Gasteiger partial charge in [-0.25, -0.2) is 9.37 Å². The van der Waals surface area contributed by atoms with Gasteiger partial charge in [0.2, 0.25) is 11.9 Å². The molecule has 2 aliphatic rings. The second-order valence-corrected chi connectivity index (χ2v) is 8.53. The second-order valence-electron chi connectivity index (χ2n) is 8.53. The summed E-state index contributed by atoms with van der Waals surface area (Å²) in [5.41, 5.74) is 4.14. The lowest BCUT2D eigenvalue weighted by atomic mass is 10.0. The van der Waals surface area contributed by atoms with Gasteiger partial charge in [-0.15, -0.1) is 10.2 Å². The molecule has 33 heavy (non-hydrogen) atoms.